The summed E-state index contributed by atoms with van der Waals surface area (Å²) in [6, 6.07) is 2.47. The zero-order valence-corrected chi connectivity index (χ0v) is 14.3. The Balaban J connectivity index is 1.88. The number of primary amides is 1. The molecule has 0 unspecified atom stereocenters. The number of hydrogen-bond acceptors (Lipinski definition) is 5. The molecule has 8 nitrogen and oxygen atoms in total. The second-order valence-electron chi connectivity index (χ2n) is 6.14. The minimum atomic E-state index is -0.724. The number of urea groups is 1. The van der Waals surface area contributed by atoms with Crippen molar-refractivity contribution in [3.63, 3.8) is 0 Å². The van der Waals surface area contributed by atoms with Crippen molar-refractivity contribution in [2.24, 2.45) is 5.73 Å². The molecule has 8 heteroatoms. The third kappa shape index (κ3) is 5.09. The molecule has 2 heterocycles. The summed E-state index contributed by atoms with van der Waals surface area (Å²) in [5.41, 5.74) is 5.87. The number of nitrogens with two attached hydrogens (primary N) is 1. The number of hydrogen-bond donors (Lipinski definition) is 3. The van der Waals surface area contributed by atoms with Gasteiger partial charge < -0.3 is 26.0 Å². The van der Waals surface area contributed by atoms with Gasteiger partial charge in [0.15, 0.2) is 0 Å². The van der Waals surface area contributed by atoms with Gasteiger partial charge in [0.05, 0.1) is 12.2 Å². The Hall–Kier alpha value is -2.35. The maximum absolute atomic E-state index is 11.8. The van der Waals surface area contributed by atoms with Crippen LogP contribution in [-0.4, -0.2) is 48.3 Å². The molecule has 1 aromatic rings. The number of aromatic nitrogens is 1. The van der Waals surface area contributed by atoms with E-state index in [1.165, 1.54) is 0 Å². The standard InChI is InChI=1S/C16H25N5O3/c1-10-8-21(9-11(2)24-10)14-5-4-13(6-18-14)7-19-15(22)12(3)20-16(17)23/h4-6,10-12H,7-9H2,1-3H3,(H,19,22)(H3,17,20,23)/t10-,11-,12-/m1/s1. The van der Waals surface area contributed by atoms with Crippen molar-refractivity contribution in [3.8, 4) is 0 Å². The van der Waals surface area contributed by atoms with Crippen LogP contribution in [-0.2, 0) is 16.1 Å². The van der Waals surface area contributed by atoms with Crippen LogP contribution in [0.4, 0.5) is 10.6 Å². The molecule has 4 N–H and O–H groups in total. The molecular formula is C16H25N5O3. The summed E-state index contributed by atoms with van der Waals surface area (Å²) >= 11 is 0. The molecule has 0 bridgehead atoms. The van der Waals surface area contributed by atoms with E-state index in [1.807, 2.05) is 26.0 Å². The van der Waals surface area contributed by atoms with Crippen molar-refractivity contribution in [1.29, 1.82) is 0 Å². The monoisotopic (exact) mass is 335 g/mol. The lowest BCUT2D eigenvalue weighted by molar-refractivity contribution is -0.122. The van der Waals surface area contributed by atoms with Crippen LogP contribution in [0.5, 0.6) is 0 Å². The van der Waals surface area contributed by atoms with Crippen LogP contribution in [0, 0.1) is 0 Å². The van der Waals surface area contributed by atoms with E-state index in [0.717, 1.165) is 24.5 Å². The largest absolute Gasteiger partial charge is 0.372 e. The number of amides is 3. The van der Waals surface area contributed by atoms with Crippen molar-refractivity contribution >= 4 is 17.8 Å². The maximum Gasteiger partial charge on any atom is 0.312 e. The van der Waals surface area contributed by atoms with E-state index in [2.05, 4.69) is 20.5 Å². The van der Waals surface area contributed by atoms with Crippen LogP contribution >= 0.6 is 0 Å². The van der Waals surface area contributed by atoms with Crippen LogP contribution in [0.1, 0.15) is 26.3 Å². The molecule has 3 atom stereocenters. The molecule has 132 valence electrons. The molecule has 24 heavy (non-hydrogen) atoms. The first kappa shape index (κ1) is 18.0. The van der Waals surface area contributed by atoms with Gasteiger partial charge in [-0.1, -0.05) is 6.07 Å². The average Bonchev–Trinajstić information content (AvgIpc) is 2.51. The highest BCUT2D eigenvalue weighted by Gasteiger charge is 2.23. The Morgan fingerprint density at radius 1 is 1.38 bits per heavy atom. The average molecular weight is 335 g/mol. The molecule has 0 aromatic carbocycles. The highest BCUT2D eigenvalue weighted by atomic mass is 16.5. The normalized spacial score (nSPS) is 21.9. The fourth-order valence-corrected chi connectivity index (χ4v) is 2.69. The lowest BCUT2D eigenvalue weighted by Gasteiger charge is -2.36. The summed E-state index contributed by atoms with van der Waals surface area (Å²) in [4.78, 5) is 29.2. The minimum absolute atomic E-state index is 0.175. The van der Waals surface area contributed by atoms with E-state index in [1.54, 1.807) is 13.1 Å². The van der Waals surface area contributed by atoms with Crippen molar-refractivity contribution < 1.29 is 14.3 Å². The smallest absolute Gasteiger partial charge is 0.312 e. The minimum Gasteiger partial charge on any atom is -0.372 e. The second-order valence-corrected chi connectivity index (χ2v) is 6.14. The fourth-order valence-electron chi connectivity index (χ4n) is 2.69. The first-order valence-electron chi connectivity index (χ1n) is 8.04. The quantitative estimate of drug-likeness (QED) is 0.720. The van der Waals surface area contributed by atoms with E-state index < -0.39 is 12.1 Å². The predicted molar refractivity (Wildman–Crippen MR) is 90.5 cm³/mol. The molecule has 0 radical (unpaired) electrons. The Kier molecular flexibility index (Phi) is 5.97. The summed E-state index contributed by atoms with van der Waals surface area (Å²) in [6.45, 7) is 7.63. The molecule has 0 aliphatic carbocycles. The van der Waals surface area contributed by atoms with Gasteiger partial charge in [-0.05, 0) is 32.4 Å². The van der Waals surface area contributed by atoms with Crippen LogP contribution in [0.15, 0.2) is 18.3 Å². The van der Waals surface area contributed by atoms with Crippen molar-refractivity contribution in [2.45, 2.75) is 45.6 Å². The van der Waals surface area contributed by atoms with Crippen molar-refractivity contribution in [2.75, 3.05) is 18.0 Å². The SMILES string of the molecule is C[C@@H]1CN(c2ccc(CNC(=O)[C@@H](C)NC(N)=O)cn2)C[C@@H](C)O1. The molecule has 1 saturated heterocycles. The van der Waals surface area contributed by atoms with E-state index in [0.29, 0.717) is 6.54 Å². The zero-order valence-electron chi connectivity index (χ0n) is 14.3. The number of anilines is 1. The highest BCUT2D eigenvalue weighted by molar-refractivity contribution is 5.86. The van der Waals surface area contributed by atoms with Gasteiger partial charge in [-0.15, -0.1) is 0 Å². The van der Waals surface area contributed by atoms with Gasteiger partial charge in [-0.3, -0.25) is 4.79 Å². The highest BCUT2D eigenvalue weighted by Crippen LogP contribution is 2.18. The van der Waals surface area contributed by atoms with Crippen LogP contribution < -0.4 is 21.3 Å². The van der Waals surface area contributed by atoms with Gasteiger partial charge in [0.1, 0.15) is 11.9 Å². The maximum atomic E-state index is 11.8. The van der Waals surface area contributed by atoms with E-state index in [9.17, 15) is 9.59 Å². The third-order valence-corrected chi connectivity index (χ3v) is 3.77. The number of ether oxygens (including phenoxy) is 1. The first-order chi connectivity index (χ1) is 11.3. The first-order valence-corrected chi connectivity index (χ1v) is 8.04. The second kappa shape index (κ2) is 7.96. The number of pyridine rings is 1. The van der Waals surface area contributed by atoms with E-state index in [-0.39, 0.29) is 18.1 Å². The van der Waals surface area contributed by atoms with E-state index in [4.69, 9.17) is 10.5 Å². The molecule has 2 rings (SSSR count). The van der Waals surface area contributed by atoms with Crippen LogP contribution in [0.25, 0.3) is 0 Å². The third-order valence-electron chi connectivity index (χ3n) is 3.77. The predicted octanol–water partition coefficient (Wildman–Crippen LogP) is 0.368. The van der Waals surface area contributed by atoms with Crippen LogP contribution in [0.3, 0.4) is 0 Å². The van der Waals surface area contributed by atoms with Crippen LogP contribution in [0.2, 0.25) is 0 Å². The molecule has 0 spiro atoms. The Labute approximate surface area is 141 Å². The lowest BCUT2D eigenvalue weighted by Crippen LogP contribution is -2.46. The molecule has 0 saturated carbocycles. The summed E-state index contributed by atoms with van der Waals surface area (Å²) in [5.74, 6) is 0.601. The summed E-state index contributed by atoms with van der Waals surface area (Å²) in [7, 11) is 0. The number of morpholine rings is 1. The lowest BCUT2D eigenvalue weighted by atomic mass is 10.2. The number of nitrogens with zero attached hydrogens (tertiary/aromatic N) is 2. The molecule has 1 aliphatic heterocycles. The van der Waals surface area contributed by atoms with Crippen molar-refractivity contribution in [1.82, 2.24) is 15.6 Å². The number of carbonyl (C=O) groups is 2. The Morgan fingerprint density at radius 2 is 2.04 bits per heavy atom. The zero-order chi connectivity index (χ0) is 17.7. The van der Waals surface area contributed by atoms with Gasteiger partial charge >= 0.3 is 6.03 Å². The van der Waals surface area contributed by atoms with Gasteiger partial charge in [0.25, 0.3) is 0 Å². The molecular weight excluding hydrogens is 310 g/mol. The summed E-state index contributed by atoms with van der Waals surface area (Å²) in [6.07, 6.45) is 2.09. The summed E-state index contributed by atoms with van der Waals surface area (Å²) < 4.78 is 5.72. The number of rotatable bonds is 5. The number of carbonyl (C=O) groups excluding carboxylic acids is 2. The van der Waals surface area contributed by atoms with Crippen molar-refractivity contribution in [3.05, 3.63) is 23.9 Å². The molecule has 1 fully saturated rings. The topological polar surface area (TPSA) is 110 Å². The fraction of sp³-hybridized carbons (Fsp3) is 0.562. The van der Waals surface area contributed by atoms with Gasteiger partial charge in [0, 0.05) is 25.8 Å². The number of nitrogens with one attached hydrogen (secondary N) is 2. The Bertz CT molecular complexity index is 568. The Morgan fingerprint density at radius 3 is 2.58 bits per heavy atom. The van der Waals surface area contributed by atoms with Gasteiger partial charge in [-0.2, -0.15) is 0 Å². The molecule has 1 aliphatic rings. The summed E-state index contributed by atoms with van der Waals surface area (Å²) in [5, 5.41) is 5.07. The van der Waals surface area contributed by atoms with E-state index >= 15 is 0 Å². The molecule has 3 amide bonds. The van der Waals surface area contributed by atoms with Gasteiger partial charge in [-0.25, -0.2) is 9.78 Å². The molecule has 1 aromatic heterocycles. The van der Waals surface area contributed by atoms with Gasteiger partial charge in [0.2, 0.25) is 5.91 Å².